The van der Waals surface area contributed by atoms with Crippen LogP contribution in [0.2, 0.25) is 0 Å². The lowest BCUT2D eigenvalue weighted by Crippen LogP contribution is -2.35. The van der Waals surface area contributed by atoms with Crippen molar-refractivity contribution in [3.63, 3.8) is 0 Å². The summed E-state index contributed by atoms with van der Waals surface area (Å²) in [6, 6.07) is 4.49. The van der Waals surface area contributed by atoms with Crippen molar-refractivity contribution < 1.29 is 4.79 Å². The highest BCUT2D eigenvalue weighted by Gasteiger charge is 2.33. The van der Waals surface area contributed by atoms with Gasteiger partial charge < -0.3 is 4.90 Å². The number of hydrogen-bond donors (Lipinski definition) is 0. The Bertz CT molecular complexity index is 379. The van der Waals surface area contributed by atoms with Gasteiger partial charge in [0, 0.05) is 17.5 Å². The Morgan fingerprint density at radius 1 is 1.50 bits per heavy atom. The van der Waals surface area contributed by atoms with Gasteiger partial charge in [0.2, 0.25) is 0 Å². The van der Waals surface area contributed by atoms with Crippen LogP contribution in [0, 0.1) is 12.8 Å². The molecule has 16 heavy (non-hydrogen) atoms. The monoisotopic (exact) mass is 237 g/mol. The zero-order chi connectivity index (χ0) is 11.7. The molecule has 0 aromatic carbocycles. The molecule has 0 atom stereocenters. The molecule has 1 amide bonds. The van der Waals surface area contributed by atoms with Crippen LogP contribution in [-0.4, -0.2) is 23.4 Å². The number of thiophene rings is 1. The minimum atomic E-state index is 0.231. The normalized spacial score (nSPS) is 15.5. The van der Waals surface area contributed by atoms with Crippen molar-refractivity contribution in [2.24, 2.45) is 5.92 Å². The molecule has 2 rings (SSSR count). The average molecular weight is 237 g/mol. The molecule has 1 aromatic rings. The van der Waals surface area contributed by atoms with Crippen LogP contribution in [0.1, 0.15) is 41.2 Å². The predicted molar refractivity (Wildman–Crippen MR) is 68.0 cm³/mol. The van der Waals surface area contributed by atoms with Crippen LogP contribution in [0.15, 0.2) is 12.1 Å². The molecule has 1 fully saturated rings. The first-order valence-electron chi connectivity index (χ1n) is 5.95. The zero-order valence-corrected chi connectivity index (χ0v) is 11.0. The van der Waals surface area contributed by atoms with Gasteiger partial charge in [0.15, 0.2) is 0 Å². The summed E-state index contributed by atoms with van der Waals surface area (Å²) in [6.07, 6.45) is 2.37. The van der Waals surface area contributed by atoms with E-state index in [0.29, 0.717) is 12.0 Å². The SMILES string of the molecule is Cc1ccc(C(=O)N(CC(C)C)C2CC2)s1. The number of aryl methyl sites for hydroxylation is 1. The number of amides is 1. The third kappa shape index (κ3) is 2.64. The van der Waals surface area contributed by atoms with Crippen LogP contribution in [0.3, 0.4) is 0 Å². The number of hydrogen-bond acceptors (Lipinski definition) is 2. The van der Waals surface area contributed by atoms with E-state index in [0.717, 1.165) is 11.4 Å². The second-order valence-corrected chi connectivity index (χ2v) is 6.28. The molecule has 2 nitrogen and oxygen atoms in total. The second-order valence-electron chi connectivity index (χ2n) is 4.99. The lowest BCUT2D eigenvalue weighted by Gasteiger charge is -2.23. The standard InChI is InChI=1S/C13H19NOS/c1-9(2)8-14(11-5-6-11)13(15)12-7-4-10(3)16-12/h4,7,9,11H,5-6,8H2,1-3H3. The summed E-state index contributed by atoms with van der Waals surface area (Å²) in [6.45, 7) is 7.27. The lowest BCUT2D eigenvalue weighted by atomic mass is 10.2. The third-order valence-electron chi connectivity index (χ3n) is 2.76. The highest BCUT2D eigenvalue weighted by atomic mass is 32.1. The molecule has 3 heteroatoms. The third-order valence-corrected chi connectivity index (χ3v) is 3.75. The summed E-state index contributed by atoms with van der Waals surface area (Å²) in [7, 11) is 0. The van der Waals surface area contributed by atoms with Crippen LogP contribution in [0.4, 0.5) is 0 Å². The van der Waals surface area contributed by atoms with Crippen LogP contribution in [-0.2, 0) is 0 Å². The van der Waals surface area contributed by atoms with E-state index in [1.807, 2.05) is 19.1 Å². The minimum Gasteiger partial charge on any atom is -0.335 e. The average Bonchev–Trinajstić information content (AvgIpc) is 2.96. The quantitative estimate of drug-likeness (QED) is 0.786. The van der Waals surface area contributed by atoms with Crippen LogP contribution in [0.5, 0.6) is 0 Å². The van der Waals surface area contributed by atoms with Gasteiger partial charge in [-0.1, -0.05) is 13.8 Å². The first kappa shape index (κ1) is 11.6. The predicted octanol–water partition coefficient (Wildman–Crippen LogP) is 3.32. The van der Waals surface area contributed by atoms with Crippen molar-refractivity contribution in [3.05, 3.63) is 21.9 Å². The molecule has 88 valence electrons. The maximum atomic E-state index is 12.3. The first-order valence-corrected chi connectivity index (χ1v) is 6.77. The fourth-order valence-electron chi connectivity index (χ4n) is 1.87. The van der Waals surface area contributed by atoms with Crippen molar-refractivity contribution in [3.8, 4) is 0 Å². The van der Waals surface area contributed by atoms with Gasteiger partial charge in [-0.2, -0.15) is 0 Å². The molecule has 0 spiro atoms. The van der Waals surface area contributed by atoms with Gasteiger partial charge in [-0.3, -0.25) is 4.79 Å². The molecular formula is C13H19NOS. The maximum absolute atomic E-state index is 12.3. The van der Waals surface area contributed by atoms with Crippen molar-refractivity contribution in [1.29, 1.82) is 0 Å². The van der Waals surface area contributed by atoms with E-state index in [2.05, 4.69) is 18.7 Å². The van der Waals surface area contributed by atoms with Gasteiger partial charge in [0.05, 0.1) is 4.88 Å². The van der Waals surface area contributed by atoms with E-state index in [1.54, 1.807) is 11.3 Å². The molecule has 0 unspecified atom stereocenters. The topological polar surface area (TPSA) is 20.3 Å². The Morgan fingerprint density at radius 2 is 2.19 bits per heavy atom. The molecule has 1 saturated carbocycles. The molecule has 0 aliphatic heterocycles. The molecule has 1 aliphatic rings. The molecule has 1 heterocycles. The summed E-state index contributed by atoms with van der Waals surface area (Å²) in [5.74, 6) is 0.778. The summed E-state index contributed by atoms with van der Waals surface area (Å²) < 4.78 is 0. The summed E-state index contributed by atoms with van der Waals surface area (Å²) in [5.41, 5.74) is 0. The highest BCUT2D eigenvalue weighted by molar-refractivity contribution is 7.13. The maximum Gasteiger partial charge on any atom is 0.264 e. The van der Waals surface area contributed by atoms with Crippen LogP contribution < -0.4 is 0 Å². The van der Waals surface area contributed by atoms with Gasteiger partial charge in [-0.15, -0.1) is 11.3 Å². The van der Waals surface area contributed by atoms with E-state index < -0.39 is 0 Å². The molecule has 1 aromatic heterocycles. The molecule has 0 bridgehead atoms. The Labute approximate surface area is 101 Å². The smallest absolute Gasteiger partial charge is 0.264 e. The number of rotatable bonds is 4. The fourth-order valence-corrected chi connectivity index (χ4v) is 2.69. The molecule has 0 radical (unpaired) electrons. The Balaban J connectivity index is 2.10. The van der Waals surface area contributed by atoms with Gasteiger partial charge in [-0.05, 0) is 37.8 Å². The fraction of sp³-hybridized carbons (Fsp3) is 0.615. The molecule has 1 aliphatic carbocycles. The van der Waals surface area contributed by atoms with Crippen molar-refractivity contribution >= 4 is 17.2 Å². The van der Waals surface area contributed by atoms with E-state index in [-0.39, 0.29) is 5.91 Å². The van der Waals surface area contributed by atoms with E-state index in [4.69, 9.17) is 0 Å². The number of nitrogens with zero attached hydrogens (tertiary/aromatic N) is 1. The first-order chi connectivity index (χ1) is 7.58. The largest absolute Gasteiger partial charge is 0.335 e. The zero-order valence-electron chi connectivity index (χ0n) is 10.2. The van der Waals surface area contributed by atoms with Crippen molar-refractivity contribution in [1.82, 2.24) is 4.90 Å². The number of carbonyl (C=O) groups excluding carboxylic acids is 1. The Morgan fingerprint density at radius 3 is 2.62 bits per heavy atom. The summed E-state index contributed by atoms with van der Waals surface area (Å²) >= 11 is 1.61. The van der Waals surface area contributed by atoms with Crippen molar-refractivity contribution in [2.75, 3.05) is 6.54 Å². The minimum absolute atomic E-state index is 0.231. The van der Waals surface area contributed by atoms with Gasteiger partial charge in [0.1, 0.15) is 0 Å². The Kier molecular flexibility index (Phi) is 3.33. The highest BCUT2D eigenvalue weighted by Crippen LogP contribution is 2.30. The summed E-state index contributed by atoms with van der Waals surface area (Å²) in [5, 5.41) is 0. The van der Waals surface area contributed by atoms with Crippen LogP contribution >= 0.6 is 11.3 Å². The Hall–Kier alpha value is -0.830. The van der Waals surface area contributed by atoms with E-state index >= 15 is 0 Å². The summed E-state index contributed by atoms with van der Waals surface area (Å²) in [4.78, 5) is 16.5. The number of carbonyl (C=O) groups is 1. The van der Waals surface area contributed by atoms with Gasteiger partial charge in [-0.25, -0.2) is 0 Å². The lowest BCUT2D eigenvalue weighted by molar-refractivity contribution is 0.0727. The second kappa shape index (κ2) is 4.58. The van der Waals surface area contributed by atoms with Crippen LogP contribution in [0.25, 0.3) is 0 Å². The molecule has 0 N–H and O–H groups in total. The molecular weight excluding hydrogens is 218 g/mol. The van der Waals surface area contributed by atoms with Gasteiger partial charge in [0.25, 0.3) is 5.91 Å². The van der Waals surface area contributed by atoms with E-state index in [9.17, 15) is 4.79 Å². The van der Waals surface area contributed by atoms with E-state index in [1.165, 1.54) is 17.7 Å². The van der Waals surface area contributed by atoms with Gasteiger partial charge >= 0.3 is 0 Å². The molecule has 0 saturated heterocycles. The van der Waals surface area contributed by atoms with Crippen molar-refractivity contribution in [2.45, 2.75) is 39.7 Å².